The van der Waals surface area contributed by atoms with E-state index in [1.54, 1.807) is 6.07 Å². The molecule has 0 saturated heterocycles. The predicted octanol–water partition coefficient (Wildman–Crippen LogP) is 5.30. The molecule has 13 heteroatoms. The first-order chi connectivity index (χ1) is 17.9. The number of carbonyl (C=O) groups is 1. The second-order valence-corrected chi connectivity index (χ2v) is 9.44. The van der Waals surface area contributed by atoms with Crippen molar-refractivity contribution in [1.82, 2.24) is 4.90 Å². The average molecular weight is 557 g/mol. The summed E-state index contributed by atoms with van der Waals surface area (Å²) in [5, 5.41) is 2.53. The Morgan fingerprint density at radius 2 is 1.61 bits per heavy atom. The van der Waals surface area contributed by atoms with Crippen molar-refractivity contribution in [2.45, 2.75) is 17.6 Å². The molecule has 0 aliphatic heterocycles. The quantitative estimate of drug-likeness (QED) is 0.269. The fourth-order valence-electron chi connectivity index (χ4n) is 3.27. The molecule has 0 heterocycles. The number of anilines is 1. The van der Waals surface area contributed by atoms with Gasteiger partial charge in [0.2, 0.25) is 0 Å². The third-order valence-electron chi connectivity index (χ3n) is 5.22. The molecule has 3 aromatic carbocycles. The lowest BCUT2D eigenvalue weighted by molar-refractivity contribution is -0.137. The van der Waals surface area contributed by atoms with Crippen LogP contribution in [0, 0.1) is 5.82 Å². The minimum absolute atomic E-state index is 0.0349. The third kappa shape index (κ3) is 7.59. The molecule has 0 aromatic heterocycles. The number of carbonyl (C=O) groups excluding carboxylic acids is 1. The number of amides is 2. The lowest BCUT2D eigenvalue weighted by Gasteiger charge is -2.23. The van der Waals surface area contributed by atoms with Crippen LogP contribution in [0.25, 0.3) is 0 Å². The zero-order valence-corrected chi connectivity index (χ0v) is 21.1. The molecule has 0 unspecified atom stereocenters. The molecule has 0 spiro atoms. The predicted molar refractivity (Wildman–Crippen MR) is 130 cm³/mol. The number of halogens is 4. The first-order valence-corrected chi connectivity index (χ1v) is 12.4. The number of nitrogens with one attached hydrogen (secondary N) is 1. The van der Waals surface area contributed by atoms with Crippen LogP contribution in [0.1, 0.15) is 11.1 Å². The molecule has 3 aromatic rings. The van der Waals surface area contributed by atoms with Crippen molar-refractivity contribution in [3.63, 3.8) is 0 Å². The molecule has 0 saturated carbocycles. The Balaban J connectivity index is 1.81. The van der Waals surface area contributed by atoms with Gasteiger partial charge in [-0.2, -0.15) is 21.6 Å². The van der Waals surface area contributed by atoms with Crippen molar-refractivity contribution in [2.75, 3.05) is 32.7 Å². The van der Waals surface area contributed by atoms with Gasteiger partial charge in [0.1, 0.15) is 10.7 Å². The molecule has 204 valence electrons. The minimum atomic E-state index is -4.51. The van der Waals surface area contributed by atoms with E-state index in [4.69, 9.17) is 13.7 Å². The van der Waals surface area contributed by atoms with E-state index < -0.39 is 33.7 Å². The van der Waals surface area contributed by atoms with Crippen LogP contribution in [0.3, 0.4) is 0 Å². The highest BCUT2D eigenvalue weighted by Gasteiger charge is 2.30. The van der Waals surface area contributed by atoms with E-state index in [9.17, 15) is 30.8 Å². The number of benzene rings is 3. The average Bonchev–Trinajstić information content (AvgIpc) is 2.86. The summed E-state index contributed by atoms with van der Waals surface area (Å²) in [5.74, 6) is -0.685. The van der Waals surface area contributed by atoms with E-state index in [1.165, 1.54) is 31.3 Å². The molecular formula is C25H24F4N2O6S. The molecule has 0 aliphatic rings. The van der Waals surface area contributed by atoms with Crippen molar-refractivity contribution in [2.24, 2.45) is 0 Å². The molecule has 0 fully saturated rings. The van der Waals surface area contributed by atoms with Gasteiger partial charge < -0.3 is 23.9 Å². The Kier molecular flexibility index (Phi) is 9.17. The summed E-state index contributed by atoms with van der Waals surface area (Å²) in [4.78, 5) is 14.0. The van der Waals surface area contributed by atoms with Crippen LogP contribution in [-0.2, 0) is 27.6 Å². The Morgan fingerprint density at radius 3 is 2.18 bits per heavy atom. The van der Waals surface area contributed by atoms with Crippen LogP contribution in [0.5, 0.6) is 11.5 Å². The van der Waals surface area contributed by atoms with Crippen LogP contribution in [0.4, 0.5) is 28.0 Å². The number of rotatable bonds is 10. The lowest BCUT2D eigenvalue weighted by atomic mass is 10.2. The maximum absolute atomic E-state index is 13.2. The van der Waals surface area contributed by atoms with E-state index >= 15 is 0 Å². The first kappa shape index (κ1) is 28.7. The van der Waals surface area contributed by atoms with E-state index in [-0.39, 0.29) is 41.8 Å². The summed E-state index contributed by atoms with van der Waals surface area (Å²) >= 11 is 0. The van der Waals surface area contributed by atoms with Crippen LogP contribution in [-0.4, -0.2) is 46.7 Å². The monoisotopic (exact) mass is 556 g/mol. The second kappa shape index (κ2) is 12.1. The third-order valence-corrected chi connectivity index (χ3v) is 6.47. The van der Waals surface area contributed by atoms with E-state index in [0.717, 1.165) is 48.5 Å². The molecule has 8 nitrogen and oxygen atoms in total. The van der Waals surface area contributed by atoms with Gasteiger partial charge in [0.15, 0.2) is 11.5 Å². The summed E-state index contributed by atoms with van der Waals surface area (Å²) < 4.78 is 92.5. The zero-order valence-electron chi connectivity index (χ0n) is 20.3. The van der Waals surface area contributed by atoms with Gasteiger partial charge >= 0.3 is 22.3 Å². The van der Waals surface area contributed by atoms with Gasteiger partial charge in [-0.25, -0.2) is 9.18 Å². The number of nitrogens with zero attached hydrogens (tertiary/aromatic N) is 1. The fraction of sp³-hybridized carbons (Fsp3) is 0.240. The smallest absolute Gasteiger partial charge is 0.416 e. The van der Waals surface area contributed by atoms with Crippen LogP contribution >= 0.6 is 0 Å². The number of alkyl halides is 3. The molecular weight excluding hydrogens is 532 g/mol. The lowest BCUT2D eigenvalue weighted by Crippen LogP contribution is -2.36. The Labute approximate surface area is 216 Å². The van der Waals surface area contributed by atoms with Gasteiger partial charge in [-0.05, 0) is 66.2 Å². The molecule has 0 aliphatic carbocycles. The van der Waals surface area contributed by atoms with E-state index in [1.807, 2.05) is 0 Å². The van der Waals surface area contributed by atoms with Gasteiger partial charge in [-0.3, -0.25) is 0 Å². The summed E-state index contributed by atoms with van der Waals surface area (Å²) in [7, 11) is -1.58. The van der Waals surface area contributed by atoms with Crippen molar-refractivity contribution in [1.29, 1.82) is 0 Å². The van der Waals surface area contributed by atoms with Crippen LogP contribution < -0.4 is 14.2 Å². The Bertz CT molecular complexity index is 1350. The standard InChI is InChI=1S/C25H24F4N2O6S/c1-35-14-13-31(24(32)30-20-8-4-18(5-9-20)25(27,28)29)16-17-3-12-22(36-2)23(15-17)37-38(33,34)21-10-6-19(26)7-11-21/h3-12,15H,13-14,16H2,1-2H3,(H,30,32). The topological polar surface area (TPSA) is 94.2 Å². The molecule has 38 heavy (non-hydrogen) atoms. The molecule has 0 radical (unpaired) electrons. The number of hydrogen-bond donors (Lipinski definition) is 1. The Morgan fingerprint density at radius 1 is 0.947 bits per heavy atom. The number of hydrogen-bond acceptors (Lipinski definition) is 6. The number of urea groups is 1. The summed E-state index contributed by atoms with van der Waals surface area (Å²) in [6, 6.07) is 11.8. The van der Waals surface area contributed by atoms with Gasteiger partial charge in [-0.1, -0.05) is 6.07 Å². The fourth-order valence-corrected chi connectivity index (χ4v) is 4.20. The summed E-state index contributed by atoms with van der Waals surface area (Å²) in [6.45, 7) is 0.227. The highest BCUT2D eigenvalue weighted by molar-refractivity contribution is 7.87. The van der Waals surface area contributed by atoms with E-state index in [2.05, 4.69) is 5.32 Å². The number of ether oxygens (including phenoxy) is 2. The van der Waals surface area contributed by atoms with Gasteiger partial charge in [-0.15, -0.1) is 0 Å². The molecule has 3 rings (SSSR count). The maximum Gasteiger partial charge on any atom is 0.416 e. The highest BCUT2D eigenvalue weighted by Crippen LogP contribution is 2.32. The molecule has 1 N–H and O–H groups in total. The van der Waals surface area contributed by atoms with Gasteiger partial charge in [0.25, 0.3) is 0 Å². The van der Waals surface area contributed by atoms with Crippen molar-refractivity contribution >= 4 is 21.8 Å². The van der Waals surface area contributed by atoms with Crippen LogP contribution in [0.15, 0.2) is 71.6 Å². The van der Waals surface area contributed by atoms with Gasteiger partial charge in [0, 0.05) is 25.9 Å². The zero-order chi connectivity index (χ0) is 27.9. The maximum atomic E-state index is 13.2. The summed E-state index contributed by atoms with van der Waals surface area (Å²) in [6.07, 6.45) is -4.51. The Hall–Kier alpha value is -3.84. The van der Waals surface area contributed by atoms with Gasteiger partial charge in [0.05, 0.1) is 19.3 Å². The SMILES string of the molecule is COCCN(Cc1ccc(OC)c(OS(=O)(=O)c2ccc(F)cc2)c1)C(=O)Nc1ccc(C(F)(F)F)cc1. The van der Waals surface area contributed by atoms with Crippen molar-refractivity contribution in [3.05, 3.63) is 83.7 Å². The second-order valence-electron chi connectivity index (χ2n) is 7.90. The molecule has 0 bridgehead atoms. The minimum Gasteiger partial charge on any atom is -0.493 e. The largest absolute Gasteiger partial charge is 0.493 e. The highest BCUT2D eigenvalue weighted by atomic mass is 32.2. The van der Waals surface area contributed by atoms with Crippen molar-refractivity contribution < 1.29 is 44.4 Å². The summed E-state index contributed by atoms with van der Waals surface area (Å²) in [5.41, 5.74) is -0.253. The molecule has 2 amide bonds. The normalized spacial score (nSPS) is 11.6. The molecule has 0 atom stereocenters. The van der Waals surface area contributed by atoms with Crippen LogP contribution in [0.2, 0.25) is 0 Å². The first-order valence-electron chi connectivity index (χ1n) is 11.0. The number of methoxy groups -OCH3 is 2. The van der Waals surface area contributed by atoms with Crippen molar-refractivity contribution in [3.8, 4) is 11.5 Å². The van der Waals surface area contributed by atoms with E-state index in [0.29, 0.717) is 5.56 Å².